The average Bonchev–Trinajstić information content (AvgIpc) is 3.17. The van der Waals surface area contributed by atoms with Gasteiger partial charge in [0.05, 0.1) is 12.1 Å². The van der Waals surface area contributed by atoms with E-state index >= 15 is 0 Å². The lowest BCUT2D eigenvalue weighted by atomic mass is 9.95. The van der Waals surface area contributed by atoms with E-state index in [0.29, 0.717) is 38.4 Å². The summed E-state index contributed by atoms with van der Waals surface area (Å²) in [5.41, 5.74) is 3.00. The number of hydrogen-bond acceptors (Lipinski definition) is 2. The molecule has 3 amide bonds. The number of fused-ring (bicyclic) bond motifs is 1. The number of carbonyl (C=O) groups is 2. The van der Waals surface area contributed by atoms with Crippen LogP contribution in [-0.4, -0.2) is 23.4 Å². The molecule has 1 saturated heterocycles. The molecule has 2 aliphatic rings. The molecule has 0 bridgehead atoms. The summed E-state index contributed by atoms with van der Waals surface area (Å²) in [5.74, 6) is -0.763. The van der Waals surface area contributed by atoms with Crippen molar-refractivity contribution in [1.29, 1.82) is 0 Å². The first-order valence-electron chi connectivity index (χ1n) is 11.1. The van der Waals surface area contributed by atoms with E-state index in [2.05, 4.69) is 26.6 Å². The minimum atomic E-state index is -0.680. The molecule has 0 saturated carbocycles. The van der Waals surface area contributed by atoms with E-state index in [0.717, 1.165) is 24.8 Å². The Labute approximate surface area is 210 Å². The van der Waals surface area contributed by atoms with Gasteiger partial charge in [0, 0.05) is 38.4 Å². The fraction of sp³-hybridized carbons (Fsp3) is 0.231. The second-order valence-electron chi connectivity index (χ2n) is 8.53. The van der Waals surface area contributed by atoms with Crippen LogP contribution in [0.2, 0.25) is 5.02 Å². The third kappa shape index (κ3) is 4.30. The number of nitrogens with one attached hydrogen (secondary N) is 2. The zero-order chi connectivity index (χ0) is 23.8. The van der Waals surface area contributed by atoms with Gasteiger partial charge < -0.3 is 15.5 Å². The topological polar surface area (TPSA) is 61.4 Å². The molecule has 2 aliphatic heterocycles. The van der Waals surface area contributed by atoms with Crippen LogP contribution < -0.4 is 10.6 Å². The summed E-state index contributed by atoms with van der Waals surface area (Å²) in [7, 11) is 0. The SMILES string of the molecule is O=C1NC(c2cc(F)ccc2Cl)c2c(NC(=O)N3CCCCC3c3ccccc3)cc(Br)cc21. The molecule has 0 aliphatic carbocycles. The predicted molar refractivity (Wildman–Crippen MR) is 134 cm³/mol. The van der Waals surface area contributed by atoms with Gasteiger partial charge in [-0.05, 0) is 55.2 Å². The molecule has 0 spiro atoms. The van der Waals surface area contributed by atoms with Crippen molar-refractivity contribution in [2.24, 2.45) is 0 Å². The Bertz CT molecular complexity index is 1270. The number of likely N-dealkylation sites (tertiary alicyclic amines) is 1. The molecule has 5 rings (SSSR count). The minimum Gasteiger partial charge on any atom is -0.341 e. The van der Waals surface area contributed by atoms with Crippen LogP contribution in [0.25, 0.3) is 0 Å². The van der Waals surface area contributed by atoms with Crippen molar-refractivity contribution in [2.45, 2.75) is 31.3 Å². The van der Waals surface area contributed by atoms with Gasteiger partial charge in [-0.3, -0.25) is 4.79 Å². The predicted octanol–water partition coefficient (Wildman–Crippen LogP) is 6.83. The molecule has 174 valence electrons. The molecule has 34 heavy (non-hydrogen) atoms. The molecule has 1 fully saturated rings. The third-order valence-corrected chi connectivity index (χ3v) is 7.21. The van der Waals surface area contributed by atoms with Crippen LogP contribution in [0.3, 0.4) is 0 Å². The summed E-state index contributed by atoms with van der Waals surface area (Å²) in [6.07, 6.45) is 2.86. The molecule has 0 aromatic heterocycles. The number of piperidine rings is 1. The number of benzene rings is 3. The van der Waals surface area contributed by atoms with Crippen LogP contribution >= 0.6 is 27.5 Å². The first-order chi connectivity index (χ1) is 16.4. The van der Waals surface area contributed by atoms with Crippen LogP contribution in [0.4, 0.5) is 14.9 Å². The molecule has 8 heteroatoms. The summed E-state index contributed by atoms with van der Waals surface area (Å²) in [6.45, 7) is 0.637. The van der Waals surface area contributed by atoms with Gasteiger partial charge in [0.2, 0.25) is 0 Å². The molecule has 5 nitrogen and oxygen atoms in total. The van der Waals surface area contributed by atoms with Crippen molar-refractivity contribution < 1.29 is 14.0 Å². The number of rotatable bonds is 3. The quantitative estimate of drug-likeness (QED) is 0.381. The lowest BCUT2D eigenvalue weighted by Crippen LogP contribution is -2.41. The Hall–Kier alpha value is -2.90. The highest BCUT2D eigenvalue weighted by Crippen LogP contribution is 2.41. The zero-order valence-corrected chi connectivity index (χ0v) is 20.5. The highest BCUT2D eigenvalue weighted by atomic mass is 79.9. The lowest BCUT2D eigenvalue weighted by molar-refractivity contribution is 0.0960. The maximum Gasteiger partial charge on any atom is 0.322 e. The normalized spacial score (nSPS) is 19.5. The van der Waals surface area contributed by atoms with Crippen molar-refractivity contribution in [3.63, 3.8) is 0 Å². The standard InChI is InChI=1S/C26H22BrClFN3O2/c27-16-12-19-23(24(31-25(19)33)18-14-17(29)9-10-20(18)28)21(13-16)30-26(34)32-11-5-4-8-22(32)15-6-2-1-3-7-15/h1-3,6-7,9-10,12-14,22,24H,4-5,8,11H2,(H,30,34)(H,31,33). The minimum absolute atomic E-state index is 0.0247. The number of anilines is 1. The number of halogens is 3. The van der Waals surface area contributed by atoms with Gasteiger partial charge in [-0.15, -0.1) is 0 Å². The maximum atomic E-state index is 14.0. The smallest absolute Gasteiger partial charge is 0.322 e. The van der Waals surface area contributed by atoms with E-state index in [-0.39, 0.29) is 18.0 Å². The molecular weight excluding hydrogens is 521 g/mol. The summed E-state index contributed by atoms with van der Waals surface area (Å²) in [4.78, 5) is 28.1. The maximum absolute atomic E-state index is 14.0. The number of hydrogen-bond donors (Lipinski definition) is 2. The van der Waals surface area contributed by atoms with Crippen LogP contribution in [0.5, 0.6) is 0 Å². The van der Waals surface area contributed by atoms with Crippen LogP contribution in [0.1, 0.15) is 58.4 Å². The van der Waals surface area contributed by atoms with Crippen LogP contribution in [0, 0.1) is 5.82 Å². The van der Waals surface area contributed by atoms with Crippen molar-refractivity contribution in [1.82, 2.24) is 10.2 Å². The molecule has 2 N–H and O–H groups in total. The number of urea groups is 1. The Morgan fingerprint density at radius 1 is 1.12 bits per heavy atom. The summed E-state index contributed by atoms with van der Waals surface area (Å²) < 4.78 is 14.7. The van der Waals surface area contributed by atoms with Crippen molar-refractivity contribution in [3.8, 4) is 0 Å². The fourth-order valence-electron chi connectivity index (χ4n) is 4.85. The van der Waals surface area contributed by atoms with Gasteiger partial charge in [-0.1, -0.05) is 57.9 Å². The average molecular weight is 543 g/mol. The fourth-order valence-corrected chi connectivity index (χ4v) is 5.54. The van der Waals surface area contributed by atoms with E-state index in [4.69, 9.17) is 11.6 Å². The van der Waals surface area contributed by atoms with Gasteiger partial charge >= 0.3 is 6.03 Å². The van der Waals surface area contributed by atoms with Gasteiger partial charge in [-0.25, -0.2) is 9.18 Å². The summed E-state index contributed by atoms with van der Waals surface area (Å²) >= 11 is 9.81. The summed E-state index contributed by atoms with van der Waals surface area (Å²) in [6, 6.07) is 16.6. The monoisotopic (exact) mass is 541 g/mol. The summed E-state index contributed by atoms with van der Waals surface area (Å²) in [5, 5.41) is 6.25. The highest BCUT2D eigenvalue weighted by Gasteiger charge is 2.36. The van der Waals surface area contributed by atoms with Crippen LogP contribution in [-0.2, 0) is 0 Å². The van der Waals surface area contributed by atoms with Gasteiger partial charge in [0.1, 0.15) is 5.82 Å². The molecule has 0 radical (unpaired) electrons. The Morgan fingerprint density at radius 2 is 1.91 bits per heavy atom. The van der Waals surface area contributed by atoms with Gasteiger partial charge in [-0.2, -0.15) is 0 Å². The van der Waals surface area contributed by atoms with Crippen molar-refractivity contribution in [3.05, 3.63) is 98.2 Å². The molecular formula is C26H22BrClFN3O2. The van der Waals surface area contributed by atoms with Crippen molar-refractivity contribution >= 4 is 45.2 Å². The van der Waals surface area contributed by atoms with E-state index in [1.54, 1.807) is 12.1 Å². The Kier molecular flexibility index (Phi) is 6.32. The molecule has 2 heterocycles. The number of carbonyl (C=O) groups excluding carboxylic acids is 2. The Morgan fingerprint density at radius 3 is 2.71 bits per heavy atom. The second-order valence-corrected chi connectivity index (χ2v) is 9.86. The lowest BCUT2D eigenvalue weighted by Gasteiger charge is -2.36. The second kappa shape index (κ2) is 9.39. The van der Waals surface area contributed by atoms with E-state index < -0.39 is 11.9 Å². The largest absolute Gasteiger partial charge is 0.341 e. The van der Waals surface area contributed by atoms with E-state index in [9.17, 15) is 14.0 Å². The molecule has 2 atom stereocenters. The highest BCUT2D eigenvalue weighted by molar-refractivity contribution is 9.10. The first-order valence-corrected chi connectivity index (χ1v) is 12.3. The Balaban J connectivity index is 1.51. The number of amides is 3. The van der Waals surface area contributed by atoms with E-state index in [1.165, 1.54) is 18.2 Å². The molecule has 3 aromatic carbocycles. The van der Waals surface area contributed by atoms with Crippen molar-refractivity contribution in [2.75, 3.05) is 11.9 Å². The van der Waals surface area contributed by atoms with E-state index in [1.807, 2.05) is 35.2 Å². The molecule has 3 aromatic rings. The molecule has 2 unspecified atom stereocenters. The zero-order valence-electron chi connectivity index (χ0n) is 18.2. The van der Waals surface area contributed by atoms with Gasteiger partial charge in [0.25, 0.3) is 5.91 Å². The van der Waals surface area contributed by atoms with Gasteiger partial charge in [0.15, 0.2) is 0 Å². The van der Waals surface area contributed by atoms with Crippen LogP contribution in [0.15, 0.2) is 65.1 Å². The first kappa shape index (κ1) is 22.9. The number of nitrogens with zero attached hydrogens (tertiary/aromatic N) is 1. The third-order valence-electron chi connectivity index (χ3n) is 6.41.